The molecule has 1 unspecified atom stereocenters. The molecular weight excluding hydrogens is 376 g/mol. The van der Waals surface area contributed by atoms with Crippen molar-refractivity contribution in [2.45, 2.75) is 59.4 Å². The zero-order valence-electron chi connectivity index (χ0n) is 18.9. The molecule has 0 aromatic heterocycles. The first-order valence-electron chi connectivity index (χ1n) is 10.8. The number of fused-ring (bicyclic) bond motifs is 1. The van der Waals surface area contributed by atoms with Gasteiger partial charge in [0, 0.05) is 24.4 Å². The molecule has 0 bridgehead atoms. The highest BCUT2D eigenvalue weighted by Gasteiger charge is 2.27. The van der Waals surface area contributed by atoms with Crippen LogP contribution in [-0.4, -0.2) is 32.4 Å². The van der Waals surface area contributed by atoms with Crippen LogP contribution in [0, 0.1) is 6.92 Å². The molecule has 0 radical (unpaired) electrons. The number of nitrogens with zero attached hydrogens (tertiary/aromatic N) is 2. The van der Waals surface area contributed by atoms with Crippen LogP contribution in [0.5, 0.6) is 11.5 Å². The van der Waals surface area contributed by atoms with E-state index in [0.717, 1.165) is 60.3 Å². The zero-order valence-corrected chi connectivity index (χ0v) is 18.9. The largest absolute Gasteiger partial charge is 0.493 e. The van der Waals surface area contributed by atoms with Crippen LogP contribution in [0.25, 0.3) is 0 Å². The number of hydrogen-bond donors (Lipinski definition) is 0. The van der Waals surface area contributed by atoms with Crippen molar-refractivity contribution in [3.05, 3.63) is 47.5 Å². The summed E-state index contributed by atoms with van der Waals surface area (Å²) in [6, 6.07) is 11.8. The summed E-state index contributed by atoms with van der Waals surface area (Å²) in [5.74, 6) is 1.43. The molecule has 1 amide bonds. The third-order valence-electron chi connectivity index (χ3n) is 5.04. The van der Waals surface area contributed by atoms with Crippen molar-refractivity contribution in [3.8, 4) is 11.5 Å². The van der Waals surface area contributed by atoms with Gasteiger partial charge in [0.2, 0.25) is 6.41 Å². The van der Waals surface area contributed by atoms with E-state index in [-0.39, 0.29) is 6.04 Å². The summed E-state index contributed by atoms with van der Waals surface area (Å²) >= 11 is 0. The van der Waals surface area contributed by atoms with Crippen molar-refractivity contribution in [3.63, 3.8) is 0 Å². The Morgan fingerprint density at radius 1 is 1.17 bits per heavy atom. The third kappa shape index (κ3) is 5.62. The molecule has 0 N–H and O–H groups in total. The highest BCUT2D eigenvalue weighted by Crippen LogP contribution is 2.35. The van der Waals surface area contributed by atoms with E-state index in [1.165, 1.54) is 0 Å². The SMILES string of the molecule is CC.CCCCCOc1cc(N=CC2Cc3ccccc3N2C=O)c(C)cc1OC. The Morgan fingerprint density at radius 3 is 2.63 bits per heavy atom. The van der Waals surface area contributed by atoms with Crippen LogP contribution >= 0.6 is 0 Å². The van der Waals surface area contributed by atoms with Crippen LogP contribution in [0.3, 0.4) is 0 Å². The lowest BCUT2D eigenvalue weighted by Crippen LogP contribution is -2.31. The molecular formula is C25H34N2O3. The molecule has 0 fully saturated rings. The van der Waals surface area contributed by atoms with Gasteiger partial charge in [-0.1, -0.05) is 51.8 Å². The number of hydrogen-bond acceptors (Lipinski definition) is 4. The van der Waals surface area contributed by atoms with E-state index in [1.54, 1.807) is 12.0 Å². The minimum absolute atomic E-state index is 0.0784. The van der Waals surface area contributed by atoms with Crippen LogP contribution in [-0.2, 0) is 11.2 Å². The minimum Gasteiger partial charge on any atom is -0.493 e. The Bertz CT molecular complexity index is 848. The van der Waals surface area contributed by atoms with E-state index in [0.29, 0.717) is 12.4 Å². The Labute approximate surface area is 180 Å². The van der Waals surface area contributed by atoms with Crippen LogP contribution in [0.15, 0.2) is 41.4 Å². The van der Waals surface area contributed by atoms with Gasteiger partial charge in [0.15, 0.2) is 11.5 Å². The molecule has 3 rings (SSSR count). The standard InChI is InChI=1S/C23H28N2O3.C2H6/c1-4-5-8-11-28-23-14-20(17(2)12-22(23)27-3)24-15-19-13-18-9-6-7-10-21(18)25(19)16-26;1-2/h6-7,9-10,12,14-16,19H,4-5,8,11,13H2,1-3H3;1-2H3. The quantitative estimate of drug-likeness (QED) is 0.294. The number of aryl methyl sites for hydroxylation is 1. The summed E-state index contributed by atoms with van der Waals surface area (Å²) < 4.78 is 11.4. The lowest BCUT2D eigenvalue weighted by atomic mass is 10.1. The molecule has 0 saturated carbocycles. The summed E-state index contributed by atoms with van der Waals surface area (Å²) in [7, 11) is 1.65. The summed E-state index contributed by atoms with van der Waals surface area (Å²) in [6.07, 6.45) is 6.81. The van der Waals surface area contributed by atoms with Gasteiger partial charge >= 0.3 is 0 Å². The van der Waals surface area contributed by atoms with Gasteiger partial charge in [-0.25, -0.2) is 0 Å². The van der Waals surface area contributed by atoms with Gasteiger partial charge in [0.05, 0.1) is 25.4 Å². The number of carbonyl (C=O) groups excluding carboxylic acids is 1. The topological polar surface area (TPSA) is 51.1 Å². The molecule has 1 aliphatic rings. The van der Waals surface area contributed by atoms with E-state index in [9.17, 15) is 4.79 Å². The maximum atomic E-state index is 11.6. The molecule has 5 heteroatoms. The van der Waals surface area contributed by atoms with E-state index < -0.39 is 0 Å². The van der Waals surface area contributed by atoms with E-state index in [4.69, 9.17) is 9.47 Å². The molecule has 5 nitrogen and oxygen atoms in total. The highest BCUT2D eigenvalue weighted by atomic mass is 16.5. The van der Waals surface area contributed by atoms with E-state index in [1.807, 2.05) is 57.3 Å². The first-order valence-corrected chi connectivity index (χ1v) is 10.8. The van der Waals surface area contributed by atoms with Gasteiger partial charge in [-0.3, -0.25) is 9.79 Å². The fourth-order valence-electron chi connectivity index (χ4n) is 3.46. The fraction of sp³-hybridized carbons (Fsp3) is 0.440. The zero-order chi connectivity index (χ0) is 21.9. The van der Waals surface area contributed by atoms with Crippen LogP contribution < -0.4 is 14.4 Å². The summed E-state index contributed by atoms with van der Waals surface area (Å²) in [5, 5.41) is 0. The second-order valence-corrected chi connectivity index (χ2v) is 7.04. The number of carbonyl (C=O) groups is 1. The number of amides is 1. The number of ether oxygens (including phenoxy) is 2. The maximum absolute atomic E-state index is 11.6. The van der Waals surface area contributed by atoms with E-state index >= 15 is 0 Å². The molecule has 2 aromatic carbocycles. The van der Waals surface area contributed by atoms with Gasteiger partial charge in [-0.2, -0.15) is 0 Å². The lowest BCUT2D eigenvalue weighted by Gasteiger charge is -2.17. The van der Waals surface area contributed by atoms with Crippen LogP contribution in [0.2, 0.25) is 0 Å². The van der Waals surface area contributed by atoms with E-state index in [2.05, 4.69) is 18.0 Å². The molecule has 1 aliphatic heterocycles. The number of anilines is 1. The number of unbranched alkanes of at least 4 members (excludes halogenated alkanes) is 2. The summed E-state index contributed by atoms with van der Waals surface area (Å²) in [6.45, 7) is 8.83. The molecule has 0 spiro atoms. The Hall–Kier alpha value is -2.82. The monoisotopic (exact) mass is 410 g/mol. The number of rotatable bonds is 9. The van der Waals surface area contributed by atoms with Crippen molar-refractivity contribution < 1.29 is 14.3 Å². The number of methoxy groups -OCH3 is 1. The minimum atomic E-state index is -0.0784. The second-order valence-electron chi connectivity index (χ2n) is 7.04. The maximum Gasteiger partial charge on any atom is 0.214 e. The normalized spacial score (nSPS) is 14.8. The molecule has 0 saturated heterocycles. The third-order valence-corrected chi connectivity index (χ3v) is 5.04. The predicted octanol–water partition coefficient (Wildman–Crippen LogP) is 5.89. The number of aliphatic imine (C=N–C) groups is 1. The first kappa shape index (κ1) is 23.5. The molecule has 30 heavy (non-hydrogen) atoms. The number of benzene rings is 2. The van der Waals surface area contributed by atoms with Crippen molar-refractivity contribution in [1.82, 2.24) is 0 Å². The average Bonchev–Trinajstić information content (AvgIpc) is 3.15. The Kier molecular flexibility index (Phi) is 9.39. The van der Waals surface area contributed by atoms with Gasteiger partial charge in [-0.05, 0) is 36.6 Å². The fourth-order valence-corrected chi connectivity index (χ4v) is 3.46. The smallest absolute Gasteiger partial charge is 0.214 e. The van der Waals surface area contributed by atoms with Crippen molar-refractivity contribution in [1.29, 1.82) is 0 Å². The lowest BCUT2D eigenvalue weighted by molar-refractivity contribution is -0.107. The second kappa shape index (κ2) is 12.0. The van der Waals surface area contributed by atoms with Crippen molar-refractivity contribution in [2.75, 3.05) is 18.6 Å². The number of para-hydroxylation sites is 1. The molecule has 1 atom stereocenters. The first-order chi connectivity index (χ1) is 14.7. The van der Waals surface area contributed by atoms with Gasteiger partial charge in [0.25, 0.3) is 0 Å². The Balaban J connectivity index is 0.00000155. The van der Waals surface area contributed by atoms with Gasteiger partial charge in [-0.15, -0.1) is 0 Å². The summed E-state index contributed by atoms with van der Waals surface area (Å²) in [4.78, 5) is 18.0. The molecule has 1 heterocycles. The van der Waals surface area contributed by atoms with Gasteiger partial charge < -0.3 is 14.4 Å². The van der Waals surface area contributed by atoms with Crippen molar-refractivity contribution in [2.24, 2.45) is 4.99 Å². The predicted molar refractivity (Wildman–Crippen MR) is 125 cm³/mol. The molecule has 162 valence electrons. The highest BCUT2D eigenvalue weighted by molar-refractivity contribution is 5.90. The molecule has 2 aromatic rings. The average molecular weight is 411 g/mol. The Morgan fingerprint density at radius 2 is 1.93 bits per heavy atom. The van der Waals surface area contributed by atoms with Crippen molar-refractivity contribution >= 4 is 24.0 Å². The van der Waals surface area contributed by atoms with Gasteiger partial charge in [0.1, 0.15) is 0 Å². The summed E-state index contributed by atoms with van der Waals surface area (Å²) in [5.41, 5.74) is 3.95. The van der Waals surface area contributed by atoms with Crippen LogP contribution in [0.4, 0.5) is 11.4 Å². The van der Waals surface area contributed by atoms with Crippen LogP contribution in [0.1, 0.15) is 51.2 Å². The molecule has 0 aliphatic carbocycles.